The molecule has 0 bridgehead atoms. The smallest absolute Gasteiger partial charge is 0.283 e. The average Bonchev–Trinajstić information content (AvgIpc) is 3.23. The molecule has 1 saturated carbocycles. The van der Waals surface area contributed by atoms with E-state index in [-0.39, 0.29) is 17.5 Å². The second kappa shape index (κ2) is 8.94. The number of fused-ring (bicyclic) bond motifs is 2. The standard InChI is InChI=1S/C25H27N5O2S/c1-3-16-9-5-7-11-20(16)27-24-29-30-23(32)18-13-12-17(14-21(18)28-25(30)33-24)22(31)26-19-10-6-4-8-15(19)2/h5,7,9,11-15,19H,3-4,6,8,10H2,1-2H3,(H,26,31)(H,27,29)/t15-,19-/m0/s1. The van der Waals surface area contributed by atoms with E-state index in [1.807, 2.05) is 18.2 Å². The SMILES string of the molecule is CCc1ccccc1Nc1nn2c(=O)c3ccc(C(=O)N[C@H]4CCCC[C@@H]4C)cc3nc2s1. The number of hydrogen-bond acceptors (Lipinski definition) is 6. The molecule has 1 amide bonds. The minimum absolute atomic E-state index is 0.111. The minimum atomic E-state index is -0.240. The van der Waals surface area contributed by atoms with E-state index < -0.39 is 0 Å². The number of aryl methyl sites for hydroxylation is 1. The number of benzene rings is 2. The summed E-state index contributed by atoms with van der Waals surface area (Å²) in [5.41, 5.74) is 2.93. The lowest BCUT2D eigenvalue weighted by Gasteiger charge is -2.29. The molecule has 5 rings (SSSR count). The van der Waals surface area contributed by atoms with E-state index in [2.05, 4.69) is 40.6 Å². The lowest BCUT2D eigenvalue weighted by molar-refractivity contribution is 0.0910. The summed E-state index contributed by atoms with van der Waals surface area (Å²) in [5, 5.41) is 12.0. The highest BCUT2D eigenvalue weighted by Crippen LogP contribution is 2.26. The van der Waals surface area contributed by atoms with Crippen molar-refractivity contribution < 1.29 is 4.79 Å². The maximum atomic E-state index is 13.1. The van der Waals surface area contributed by atoms with Gasteiger partial charge in [0.1, 0.15) is 0 Å². The molecular weight excluding hydrogens is 434 g/mol. The Morgan fingerprint density at radius 1 is 1.18 bits per heavy atom. The van der Waals surface area contributed by atoms with Gasteiger partial charge in [-0.25, -0.2) is 4.98 Å². The van der Waals surface area contributed by atoms with Crippen LogP contribution in [0.15, 0.2) is 47.3 Å². The maximum absolute atomic E-state index is 13.1. The minimum Gasteiger partial charge on any atom is -0.349 e. The molecule has 1 aliphatic rings. The summed E-state index contributed by atoms with van der Waals surface area (Å²) >= 11 is 1.31. The first-order chi connectivity index (χ1) is 16.0. The van der Waals surface area contributed by atoms with E-state index in [1.54, 1.807) is 18.2 Å². The zero-order chi connectivity index (χ0) is 22.9. The molecule has 0 spiro atoms. The first kappa shape index (κ1) is 21.6. The Bertz CT molecular complexity index is 1390. The fraction of sp³-hybridized carbons (Fsp3) is 0.360. The van der Waals surface area contributed by atoms with E-state index in [1.165, 1.54) is 27.8 Å². The van der Waals surface area contributed by atoms with Gasteiger partial charge in [-0.3, -0.25) is 9.59 Å². The molecular formula is C25H27N5O2S. The fourth-order valence-corrected chi connectivity index (χ4v) is 5.36. The summed E-state index contributed by atoms with van der Waals surface area (Å²) in [4.78, 5) is 31.1. The fourth-order valence-electron chi connectivity index (χ4n) is 4.55. The topological polar surface area (TPSA) is 88.4 Å². The molecule has 2 heterocycles. The predicted molar refractivity (Wildman–Crippen MR) is 133 cm³/mol. The van der Waals surface area contributed by atoms with Crippen molar-refractivity contribution in [2.24, 2.45) is 5.92 Å². The van der Waals surface area contributed by atoms with Gasteiger partial charge in [0.25, 0.3) is 11.5 Å². The third-order valence-corrected chi connectivity index (χ3v) is 7.35. The van der Waals surface area contributed by atoms with Crippen molar-refractivity contribution >= 4 is 43.9 Å². The van der Waals surface area contributed by atoms with Crippen molar-refractivity contribution in [3.8, 4) is 0 Å². The molecule has 8 heteroatoms. The number of carbonyl (C=O) groups excluding carboxylic acids is 1. The molecule has 1 aliphatic carbocycles. The van der Waals surface area contributed by atoms with Gasteiger partial charge in [0.15, 0.2) is 0 Å². The lowest BCUT2D eigenvalue weighted by atomic mass is 9.86. The number of nitrogens with zero attached hydrogens (tertiary/aromatic N) is 3. The van der Waals surface area contributed by atoms with Crippen molar-refractivity contribution in [3.63, 3.8) is 0 Å². The van der Waals surface area contributed by atoms with E-state index in [0.29, 0.717) is 32.5 Å². The third kappa shape index (κ3) is 4.23. The van der Waals surface area contributed by atoms with Crippen LogP contribution < -0.4 is 16.2 Å². The second-order valence-corrected chi connectivity index (χ2v) is 9.68. The molecule has 0 radical (unpaired) electrons. The lowest BCUT2D eigenvalue weighted by Crippen LogP contribution is -2.41. The van der Waals surface area contributed by atoms with Crippen molar-refractivity contribution in [2.45, 2.75) is 52.0 Å². The van der Waals surface area contributed by atoms with Crippen LogP contribution in [0.2, 0.25) is 0 Å². The van der Waals surface area contributed by atoms with E-state index >= 15 is 0 Å². The predicted octanol–water partition coefficient (Wildman–Crippen LogP) is 4.92. The molecule has 2 N–H and O–H groups in total. The van der Waals surface area contributed by atoms with Gasteiger partial charge in [-0.2, -0.15) is 4.52 Å². The third-order valence-electron chi connectivity index (χ3n) is 6.53. The molecule has 33 heavy (non-hydrogen) atoms. The Labute approximate surface area is 195 Å². The van der Waals surface area contributed by atoms with Crippen LogP contribution in [0, 0.1) is 5.92 Å². The summed E-state index contributed by atoms with van der Waals surface area (Å²) in [5.74, 6) is 0.368. The monoisotopic (exact) mass is 461 g/mol. The summed E-state index contributed by atoms with van der Waals surface area (Å²) in [6.45, 7) is 4.29. The zero-order valence-corrected chi connectivity index (χ0v) is 19.6. The Hall–Kier alpha value is -3.26. The summed E-state index contributed by atoms with van der Waals surface area (Å²) < 4.78 is 1.33. The van der Waals surface area contributed by atoms with Gasteiger partial charge in [0.05, 0.1) is 10.9 Å². The van der Waals surface area contributed by atoms with Gasteiger partial charge in [-0.05, 0) is 55.0 Å². The van der Waals surface area contributed by atoms with Crippen LogP contribution in [0.5, 0.6) is 0 Å². The van der Waals surface area contributed by atoms with Gasteiger partial charge in [0, 0.05) is 17.3 Å². The highest BCUT2D eigenvalue weighted by molar-refractivity contribution is 7.20. The first-order valence-corrected chi connectivity index (χ1v) is 12.3. The van der Waals surface area contributed by atoms with Gasteiger partial charge < -0.3 is 10.6 Å². The highest BCUT2D eigenvalue weighted by atomic mass is 32.1. The Balaban J connectivity index is 1.46. The van der Waals surface area contributed by atoms with Gasteiger partial charge >= 0.3 is 0 Å². The summed E-state index contributed by atoms with van der Waals surface area (Å²) in [6, 6.07) is 13.3. The highest BCUT2D eigenvalue weighted by Gasteiger charge is 2.23. The Kier molecular flexibility index (Phi) is 5.85. The molecule has 0 unspecified atom stereocenters. The number of aromatic nitrogens is 3. The van der Waals surface area contributed by atoms with Crippen molar-refractivity contribution in [1.29, 1.82) is 0 Å². The number of nitrogens with one attached hydrogen (secondary N) is 2. The number of para-hydroxylation sites is 1. The zero-order valence-electron chi connectivity index (χ0n) is 18.8. The molecule has 7 nitrogen and oxygen atoms in total. The second-order valence-electron chi connectivity index (χ2n) is 8.73. The van der Waals surface area contributed by atoms with Crippen LogP contribution in [-0.2, 0) is 6.42 Å². The van der Waals surface area contributed by atoms with Crippen LogP contribution in [0.3, 0.4) is 0 Å². The van der Waals surface area contributed by atoms with Crippen LogP contribution in [0.25, 0.3) is 15.9 Å². The summed E-state index contributed by atoms with van der Waals surface area (Å²) in [6.07, 6.45) is 5.42. The normalized spacial score (nSPS) is 18.5. The molecule has 2 aromatic heterocycles. The van der Waals surface area contributed by atoms with E-state index in [9.17, 15) is 9.59 Å². The molecule has 0 aliphatic heterocycles. The number of carbonyl (C=O) groups is 1. The van der Waals surface area contributed by atoms with Gasteiger partial charge in [-0.1, -0.05) is 56.2 Å². The van der Waals surface area contributed by atoms with Crippen molar-refractivity contribution in [1.82, 2.24) is 19.9 Å². The number of anilines is 2. The molecule has 0 saturated heterocycles. The Morgan fingerprint density at radius 2 is 2.00 bits per heavy atom. The quantitative estimate of drug-likeness (QED) is 0.440. The van der Waals surface area contributed by atoms with Gasteiger partial charge in [-0.15, -0.1) is 5.10 Å². The average molecular weight is 462 g/mol. The van der Waals surface area contributed by atoms with Crippen LogP contribution in [0.1, 0.15) is 55.5 Å². The van der Waals surface area contributed by atoms with Crippen molar-refractivity contribution in [3.05, 3.63) is 63.9 Å². The largest absolute Gasteiger partial charge is 0.349 e. The van der Waals surface area contributed by atoms with Crippen LogP contribution in [0.4, 0.5) is 10.8 Å². The van der Waals surface area contributed by atoms with E-state index in [4.69, 9.17) is 0 Å². The summed E-state index contributed by atoms with van der Waals surface area (Å²) in [7, 11) is 0. The molecule has 2 atom stereocenters. The molecule has 170 valence electrons. The molecule has 4 aromatic rings. The number of rotatable bonds is 5. The maximum Gasteiger partial charge on any atom is 0.283 e. The Morgan fingerprint density at radius 3 is 2.82 bits per heavy atom. The van der Waals surface area contributed by atoms with Gasteiger partial charge in [0.2, 0.25) is 10.1 Å². The van der Waals surface area contributed by atoms with Crippen LogP contribution in [-0.4, -0.2) is 26.5 Å². The van der Waals surface area contributed by atoms with Crippen molar-refractivity contribution in [2.75, 3.05) is 5.32 Å². The molecule has 1 fully saturated rings. The number of amides is 1. The number of hydrogen-bond donors (Lipinski definition) is 2. The van der Waals surface area contributed by atoms with Crippen LogP contribution >= 0.6 is 11.3 Å². The van der Waals surface area contributed by atoms with E-state index in [0.717, 1.165) is 31.4 Å². The first-order valence-electron chi connectivity index (χ1n) is 11.5. The molecule has 2 aromatic carbocycles.